The second kappa shape index (κ2) is 11.3. The maximum Gasteiger partial charge on any atom is 0.328 e. The molecule has 0 bridgehead atoms. The minimum atomic E-state index is -0.961. The van der Waals surface area contributed by atoms with Crippen LogP contribution in [0.25, 0.3) is 10.9 Å². The van der Waals surface area contributed by atoms with Crippen LogP contribution in [0.1, 0.15) is 68.3 Å². The summed E-state index contributed by atoms with van der Waals surface area (Å²) in [7, 11) is 2.87. The zero-order chi connectivity index (χ0) is 27.6. The van der Waals surface area contributed by atoms with Crippen LogP contribution in [-0.2, 0) is 19.1 Å². The molecule has 0 unspecified atom stereocenters. The molecule has 1 saturated carbocycles. The van der Waals surface area contributed by atoms with E-state index in [0.717, 1.165) is 49.4 Å². The van der Waals surface area contributed by atoms with E-state index in [0.29, 0.717) is 37.4 Å². The van der Waals surface area contributed by atoms with Crippen molar-refractivity contribution in [3.63, 3.8) is 0 Å². The SMILES string of the molecule is COC(=O)[C@H](C[C@@H]1CCCNC1=O)NC(=O)[C@@H]1CC2(CCCCC2)CN1C(=O)c1cc2cc(OC)ccc2[nH]1. The molecule has 1 aliphatic carbocycles. The van der Waals surface area contributed by atoms with Gasteiger partial charge in [0.15, 0.2) is 0 Å². The Morgan fingerprint density at radius 1 is 1.13 bits per heavy atom. The highest BCUT2D eigenvalue weighted by Crippen LogP contribution is 2.46. The molecule has 2 saturated heterocycles. The Hall–Kier alpha value is -3.56. The zero-order valence-corrected chi connectivity index (χ0v) is 22.7. The first kappa shape index (κ1) is 27.0. The molecule has 10 nitrogen and oxygen atoms in total. The van der Waals surface area contributed by atoms with Crippen molar-refractivity contribution in [1.82, 2.24) is 20.5 Å². The van der Waals surface area contributed by atoms with Crippen LogP contribution in [0.5, 0.6) is 5.75 Å². The van der Waals surface area contributed by atoms with Gasteiger partial charge in [-0.15, -0.1) is 0 Å². The lowest BCUT2D eigenvalue weighted by atomic mass is 9.72. The molecule has 10 heteroatoms. The van der Waals surface area contributed by atoms with Gasteiger partial charge >= 0.3 is 5.97 Å². The van der Waals surface area contributed by atoms with Gasteiger partial charge in [-0.25, -0.2) is 4.79 Å². The number of carbonyl (C=O) groups excluding carboxylic acids is 4. The van der Waals surface area contributed by atoms with E-state index in [1.54, 1.807) is 18.1 Å². The van der Waals surface area contributed by atoms with E-state index in [-0.39, 0.29) is 35.5 Å². The molecule has 1 spiro atoms. The number of carbonyl (C=O) groups is 4. The zero-order valence-electron chi connectivity index (χ0n) is 22.7. The van der Waals surface area contributed by atoms with Crippen LogP contribution < -0.4 is 15.4 Å². The molecule has 3 atom stereocenters. The van der Waals surface area contributed by atoms with Crippen LogP contribution in [0.15, 0.2) is 24.3 Å². The number of rotatable bonds is 7. The highest BCUT2D eigenvalue weighted by atomic mass is 16.5. The largest absolute Gasteiger partial charge is 0.497 e. The third kappa shape index (κ3) is 5.60. The van der Waals surface area contributed by atoms with Crippen molar-refractivity contribution in [2.75, 3.05) is 27.3 Å². The summed E-state index contributed by atoms with van der Waals surface area (Å²) in [6.45, 7) is 1.11. The predicted octanol–water partition coefficient (Wildman–Crippen LogP) is 2.92. The van der Waals surface area contributed by atoms with Crippen LogP contribution >= 0.6 is 0 Å². The second-order valence-electron chi connectivity index (χ2n) is 11.3. The number of benzene rings is 1. The van der Waals surface area contributed by atoms with Gasteiger partial charge in [-0.2, -0.15) is 0 Å². The standard InChI is InChI=1S/C29H38N4O6/c1-38-20-8-9-21-19(13-20)15-22(31-21)27(36)33-17-29(10-4-3-5-11-29)16-24(33)26(35)32-23(28(37)39-2)14-18-7-6-12-30-25(18)34/h8-9,13,15,18,23-24,31H,3-7,10-12,14,16-17H2,1-2H3,(H,30,34)(H,32,35)/t18-,23-,24-/m0/s1. The molecule has 3 heterocycles. The fourth-order valence-corrected chi connectivity index (χ4v) is 6.64. The fourth-order valence-electron chi connectivity index (χ4n) is 6.64. The van der Waals surface area contributed by atoms with Gasteiger partial charge in [0.25, 0.3) is 5.91 Å². The van der Waals surface area contributed by atoms with Crippen molar-refractivity contribution in [1.29, 1.82) is 0 Å². The molecule has 0 radical (unpaired) electrons. The number of aromatic amines is 1. The Morgan fingerprint density at radius 3 is 2.64 bits per heavy atom. The summed E-state index contributed by atoms with van der Waals surface area (Å²) >= 11 is 0. The number of piperidine rings is 1. The molecule has 1 aromatic heterocycles. The van der Waals surface area contributed by atoms with Gasteiger partial charge in [-0.05, 0) is 68.2 Å². The molecule has 39 heavy (non-hydrogen) atoms. The van der Waals surface area contributed by atoms with E-state index in [2.05, 4.69) is 15.6 Å². The monoisotopic (exact) mass is 538 g/mol. The van der Waals surface area contributed by atoms with Crippen molar-refractivity contribution in [2.45, 2.75) is 69.9 Å². The normalized spacial score (nSPS) is 23.3. The number of ether oxygens (including phenoxy) is 2. The Morgan fingerprint density at radius 2 is 1.92 bits per heavy atom. The molecular formula is C29H38N4O6. The summed E-state index contributed by atoms with van der Waals surface area (Å²) in [6.07, 6.45) is 7.43. The Bertz CT molecular complexity index is 1250. The molecule has 3 fully saturated rings. The molecule has 2 aliphatic heterocycles. The lowest BCUT2D eigenvalue weighted by Crippen LogP contribution is -2.52. The van der Waals surface area contributed by atoms with Crippen molar-refractivity contribution >= 4 is 34.6 Å². The summed E-state index contributed by atoms with van der Waals surface area (Å²) in [4.78, 5) is 57.6. The first-order valence-electron chi connectivity index (χ1n) is 14.0. The quantitative estimate of drug-likeness (QED) is 0.465. The van der Waals surface area contributed by atoms with Crippen LogP contribution in [-0.4, -0.2) is 73.0 Å². The van der Waals surface area contributed by atoms with Gasteiger partial charge in [-0.1, -0.05) is 19.3 Å². The number of aromatic nitrogens is 1. The molecule has 3 aliphatic rings. The number of fused-ring (bicyclic) bond motifs is 1. The van der Waals surface area contributed by atoms with Crippen LogP contribution in [0.4, 0.5) is 0 Å². The minimum absolute atomic E-state index is 0.112. The van der Waals surface area contributed by atoms with E-state index in [1.165, 1.54) is 7.11 Å². The van der Waals surface area contributed by atoms with Gasteiger partial charge < -0.3 is 30.0 Å². The lowest BCUT2D eigenvalue weighted by molar-refractivity contribution is -0.146. The third-order valence-electron chi connectivity index (χ3n) is 8.77. The molecule has 3 amide bonds. The topological polar surface area (TPSA) is 130 Å². The molecule has 5 rings (SSSR count). The highest BCUT2D eigenvalue weighted by molar-refractivity contribution is 6.01. The van der Waals surface area contributed by atoms with Gasteiger partial charge in [0.05, 0.1) is 14.2 Å². The number of hydrogen-bond donors (Lipinski definition) is 3. The van der Waals surface area contributed by atoms with E-state index in [1.807, 2.05) is 18.2 Å². The van der Waals surface area contributed by atoms with Gasteiger partial charge in [0.2, 0.25) is 11.8 Å². The summed E-state index contributed by atoms with van der Waals surface area (Å²) in [5.41, 5.74) is 1.10. The number of H-pyrrole nitrogens is 1. The average molecular weight is 539 g/mol. The van der Waals surface area contributed by atoms with Crippen molar-refractivity contribution < 1.29 is 28.7 Å². The van der Waals surface area contributed by atoms with Crippen LogP contribution in [0, 0.1) is 11.3 Å². The molecule has 2 aromatic rings. The number of esters is 1. The van der Waals surface area contributed by atoms with Crippen LogP contribution in [0.3, 0.4) is 0 Å². The first-order chi connectivity index (χ1) is 18.8. The molecular weight excluding hydrogens is 500 g/mol. The average Bonchev–Trinajstić information content (AvgIpc) is 3.55. The number of nitrogens with one attached hydrogen (secondary N) is 3. The summed E-state index contributed by atoms with van der Waals surface area (Å²) in [6, 6.07) is 5.67. The lowest BCUT2D eigenvalue weighted by Gasteiger charge is -2.32. The fraction of sp³-hybridized carbons (Fsp3) is 0.586. The maximum atomic E-state index is 13.9. The van der Waals surface area contributed by atoms with Crippen molar-refractivity contribution in [3.05, 3.63) is 30.0 Å². The Balaban J connectivity index is 1.39. The number of likely N-dealkylation sites (tertiary alicyclic amines) is 1. The van der Waals surface area contributed by atoms with Crippen LogP contribution in [0.2, 0.25) is 0 Å². The molecule has 1 aromatic carbocycles. The summed E-state index contributed by atoms with van der Waals surface area (Å²) in [5.74, 6) is -1.00. The third-order valence-corrected chi connectivity index (χ3v) is 8.77. The summed E-state index contributed by atoms with van der Waals surface area (Å²) in [5, 5.41) is 6.54. The highest BCUT2D eigenvalue weighted by Gasteiger charge is 2.49. The predicted molar refractivity (Wildman–Crippen MR) is 144 cm³/mol. The Labute approximate surface area is 228 Å². The van der Waals surface area contributed by atoms with E-state index in [9.17, 15) is 19.2 Å². The van der Waals surface area contributed by atoms with E-state index >= 15 is 0 Å². The number of nitrogens with zero attached hydrogens (tertiary/aromatic N) is 1. The smallest absolute Gasteiger partial charge is 0.328 e. The first-order valence-corrected chi connectivity index (χ1v) is 14.0. The molecule has 210 valence electrons. The van der Waals surface area contributed by atoms with Crippen molar-refractivity contribution in [2.24, 2.45) is 11.3 Å². The maximum absolute atomic E-state index is 13.9. The van der Waals surface area contributed by atoms with E-state index < -0.39 is 18.1 Å². The Kier molecular flexibility index (Phi) is 7.81. The van der Waals surface area contributed by atoms with Gasteiger partial charge in [0, 0.05) is 29.9 Å². The second-order valence-corrected chi connectivity index (χ2v) is 11.3. The number of hydrogen-bond acceptors (Lipinski definition) is 6. The summed E-state index contributed by atoms with van der Waals surface area (Å²) < 4.78 is 10.3. The van der Waals surface area contributed by atoms with Gasteiger partial charge in [-0.3, -0.25) is 14.4 Å². The van der Waals surface area contributed by atoms with E-state index in [4.69, 9.17) is 9.47 Å². The van der Waals surface area contributed by atoms with Crippen molar-refractivity contribution in [3.8, 4) is 5.75 Å². The van der Waals surface area contributed by atoms with Gasteiger partial charge in [0.1, 0.15) is 23.5 Å². The molecule has 3 N–H and O–H groups in total. The minimum Gasteiger partial charge on any atom is -0.497 e. The number of amides is 3. The number of methoxy groups -OCH3 is 2.